The van der Waals surface area contributed by atoms with E-state index >= 15 is 0 Å². The van der Waals surface area contributed by atoms with Gasteiger partial charge in [-0.1, -0.05) is 26.7 Å². The summed E-state index contributed by atoms with van der Waals surface area (Å²) in [6.45, 7) is 7.38. The third kappa shape index (κ3) is 3.59. The molecule has 1 aromatic heterocycles. The molecule has 2 nitrogen and oxygen atoms in total. The van der Waals surface area contributed by atoms with Crippen molar-refractivity contribution in [3.8, 4) is 0 Å². The van der Waals surface area contributed by atoms with Gasteiger partial charge in [-0.15, -0.1) is 23.1 Å². The lowest BCUT2D eigenvalue weighted by atomic mass is 9.97. The highest BCUT2D eigenvalue weighted by Crippen LogP contribution is 2.42. The average Bonchev–Trinajstić information content (AvgIpc) is 3.07. The van der Waals surface area contributed by atoms with Crippen LogP contribution in [0.5, 0.6) is 0 Å². The van der Waals surface area contributed by atoms with Crippen molar-refractivity contribution in [1.82, 2.24) is 4.90 Å². The summed E-state index contributed by atoms with van der Waals surface area (Å²) in [5.41, 5.74) is 0. The molecule has 1 saturated heterocycles. The van der Waals surface area contributed by atoms with E-state index in [1.165, 1.54) is 16.2 Å². The molecule has 1 amide bonds. The van der Waals surface area contributed by atoms with Crippen molar-refractivity contribution in [1.29, 1.82) is 0 Å². The van der Waals surface area contributed by atoms with Crippen LogP contribution in [-0.4, -0.2) is 23.1 Å². The fraction of sp³-hybridized carbons (Fsp3) is 0.688. The van der Waals surface area contributed by atoms with Crippen LogP contribution in [0.15, 0.2) is 12.1 Å². The summed E-state index contributed by atoms with van der Waals surface area (Å²) in [5.74, 6) is 1.66. The largest absolute Gasteiger partial charge is 0.325 e. The smallest absolute Gasteiger partial charge is 0.226 e. The Balaban J connectivity index is 2.07. The zero-order valence-electron chi connectivity index (χ0n) is 12.7. The minimum absolute atomic E-state index is 0.220. The number of thiophene rings is 1. The van der Waals surface area contributed by atoms with Gasteiger partial charge in [-0.05, 0) is 31.9 Å². The number of nitrogens with zero attached hydrogens (tertiary/aromatic N) is 1. The second kappa shape index (κ2) is 7.51. The third-order valence-corrected chi connectivity index (χ3v) is 6.37. The predicted octanol–water partition coefficient (Wildman–Crippen LogP) is 4.85. The van der Waals surface area contributed by atoms with Crippen molar-refractivity contribution in [2.45, 2.75) is 51.8 Å². The van der Waals surface area contributed by atoms with E-state index in [0.717, 1.165) is 31.6 Å². The second-order valence-electron chi connectivity index (χ2n) is 5.45. The topological polar surface area (TPSA) is 20.3 Å². The number of hydrogen-bond donors (Lipinski definition) is 0. The lowest BCUT2D eigenvalue weighted by Crippen LogP contribution is -2.35. The minimum Gasteiger partial charge on any atom is -0.325 e. The van der Waals surface area contributed by atoms with Crippen LogP contribution in [0.3, 0.4) is 0 Å². The lowest BCUT2D eigenvalue weighted by Gasteiger charge is -2.27. The van der Waals surface area contributed by atoms with E-state index in [2.05, 4.69) is 37.8 Å². The van der Waals surface area contributed by atoms with Crippen LogP contribution in [0.25, 0.3) is 0 Å². The summed E-state index contributed by atoms with van der Waals surface area (Å²) in [7, 11) is 0. The van der Waals surface area contributed by atoms with E-state index in [1.54, 1.807) is 0 Å². The Hall–Kier alpha value is -0.480. The Kier molecular flexibility index (Phi) is 5.97. The minimum atomic E-state index is 0.220. The number of carbonyl (C=O) groups excluding carboxylic acids is 1. The number of amides is 1. The summed E-state index contributed by atoms with van der Waals surface area (Å²) in [4.78, 5) is 17.6. The second-order valence-corrected chi connectivity index (χ2v) is 7.96. The number of aryl methyl sites for hydroxylation is 1. The van der Waals surface area contributed by atoms with Gasteiger partial charge >= 0.3 is 0 Å². The summed E-state index contributed by atoms with van der Waals surface area (Å²) < 4.78 is 0. The van der Waals surface area contributed by atoms with Gasteiger partial charge in [0.25, 0.3) is 0 Å². The standard InChI is InChI=1S/C16H25NOS2/c1-4-6-7-13(5-2)15(18)17-10-11-19-16(17)14-9-8-12(3)20-14/h8-9,13,16H,4-7,10-11H2,1-3H3/t13-,16-/m1/s1. The zero-order valence-corrected chi connectivity index (χ0v) is 14.4. The quantitative estimate of drug-likeness (QED) is 0.748. The highest BCUT2D eigenvalue weighted by atomic mass is 32.2. The molecule has 1 aromatic rings. The van der Waals surface area contributed by atoms with Crippen LogP contribution in [-0.2, 0) is 4.79 Å². The first kappa shape index (κ1) is 15.9. The molecule has 2 heterocycles. The Labute approximate surface area is 130 Å². The molecule has 1 fully saturated rings. The Bertz CT molecular complexity index is 443. The molecule has 1 aliphatic heterocycles. The van der Waals surface area contributed by atoms with Crippen LogP contribution in [0.4, 0.5) is 0 Å². The normalized spacial score (nSPS) is 20.4. The SMILES string of the molecule is CCCC[C@@H](CC)C(=O)N1CCS[C@@H]1c1ccc(C)s1. The molecular formula is C16H25NOS2. The van der Waals surface area contributed by atoms with Crippen LogP contribution < -0.4 is 0 Å². The first-order chi connectivity index (χ1) is 9.67. The van der Waals surface area contributed by atoms with E-state index in [0.29, 0.717) is 5.91 Å². The third-order valence-electron chi connectivity index (χ3n) is 3.93. The molecule has 2 atom stereocenters. The number of carbonyl (C=O) groups is 1. The van der Waals surface area contributed by atoms with Gasteiger partial charge in [0.1, 0.15) is 5.37 Å². The van der Waals surface area contributed by atoms with Crippen LogP contribution >= 0.6 is 23.1 Å². The van der Waals surface area contributed by atoms with Crippen molar-refractivity contribution in [2.75, 3.05) is 12.3 Å². The molecule has 0 aliphatic carbocycles. The number of thioether (sulfide) groups is 1. The fourth-order valence-corrected chi connectivity index (χ4v) is 5.08. The van der Waals surface area contributed by atoms with Gasteiger partial charge in [0.2, 0.25) is 5.91 Å². The monoisotopic (exact) mass is 311 g/mol. The summed E-state index contributed by atoms with van der Waals surface area (Å²) >= 11 is 3.74. The predicted molar refractivity (Wildman–Crippen MR) is 89.3 cm³/mol. The molecule has 0 saturated carbocycles. The van der Waals surface area contributed by atoms with Gasteiger partial charge in [-0.2, -0.15) is 0 Å². The first-order valence-corrected chi connectivity index (χ1v) is 9.52. The zero-order chi connectivity index (χ0) is 14.5. The highest BCUT2D eigenvalue weighted by Gasteiger charge is 2.34. The molecule has 112 valence electrons. The van der Waals surface area contributed by atoms with Gasteiger partial charge in [-0.3, -0.25) is 4.79 Å². The Morgan fingerprint density at radius 2 is 2.25 bits per heavy atom. The first-order valence-electron chi connectivity index (χ1n) is 7.65. The van der Waals surface area contributed by atoms with Crippen LogP contribution in [0.1, 0.15) is 54.7 Å². The summed E-state index contributed by atoms with van der Waals surface area (Å²) in [6.07, 6.45) is 4.35. The van der Waals surface area contributed by atoms with Gasteiger partial charge in [0.15, 0.2) is 0 Å². The van der Waals surface area contributed by atoms with Gasteiger partial charge in [0.05, 0.1) is 0 Å². The molecule has 0 unspecified atom stereocenters. The number of hydrogen-bond acceptors (Lipinski definition) is 3. The molecule has 1 aliphatic rings. The highest BCUT2D eigenvalue weighted by molar-refractivity contribution is 7.99. The summed E-state index contributed by atoms with van der Waals surface area (Å²) in [5, 5.41) is 0.261. The molecule has 0 aromatic carbocycles. The van der Waals surface area contributed by atoms with Crippen molar-refractivity contribution < 1.29 is 4.79 Å². The number of unbranched alkanes of at least 4 members (excludes halogenated alkanes) is 1. The number of rotatable bonds is 6. The lowest BCUT2D eigenvalue weighted by molar-refractivity contribution is -0.136. The van der Waals surface area contributed by atoms with E-state index in [-0.39, 0.29) is 11.3 Å². The van der Waals surface area contributed by atoms with E-state index in [1.807, 2.05) is 23.1 Å². The maximum atomic E-state index is 12.8. The molecule has 0 spiro atoms. The average molecular weight is 312 g/mol. The van der Waals surface area contributed by atoms with Crippen LogP contribution in [0.2, 0.25) is 0 Å². The molecule has 0 bridgehead atoms. The maximum Gasteiger partial charge on any atom is 0.226 e. The van der Waals surface area contributed by atoms with Gasteiger partial charge < -0.3 is 4.90 Å². The molecule has 2 rings (SSSR count). The molecule has 4 heteroatoms. The maximum absolute atomic E-state index is 12.8. The van der Waals surface area contributed by atoms with Crippen molar-refractivity contribution in [3.05, 3.63) is 21.9 Å². The molecule has 20 heavy (non-hydrogen) atoms. The van der Waals surface area contributed by atoms with Gasteiger partial charge in [-0.25, -0.2) is 0 Å². The Morgan fingerprint density at radius 1 is 1.45 bits per heavy atom. The van der Waals surface area contributed by atoms with Gasteiger partial charge in [0, 0.05) is 28.0 Å². The van der Waals surface area contributed by atoms with Crippen LogP contribution in [0, 0.1) is 12.8 Å². The van der Waals surface area contributed by atoms with E-state index in [4.69, 9.17) is 0 Å². The molecular weight excluding hydrogens is 286 g/mol. The fourth-order valence-electron chi connectivity index (χ4n) is 2.70. The molecule has 0 N–H and O–H groups in total. The van der Waals surface area contributed by atoms with Crippen molar-refractivity contribution in [3.63, 3.8) is 0 Å². The summed E-state index contributed by atoms with van der Waals surface area (Å²) in [6, 6.07) is 4.35. The molecule has 0 radical (unpaired) electrons. The van der Waals surface area contributed by atoms with Crippen molar-refractivity contribution in [2.24, 2.45) is 5.92 Å². The Morgan fingerprint density at radius 3 is 2.85 bits per heavy atom. The van der Waals surface area contributed by atoms with E-state index in [9.17, 15) is 4.79 Å². The van der Waals surface area contributed by atoms with Crippen molar-refractivity contribution >= 4 is 29.0 Å². The van der Waals surface area contributed by atoms with E-state index < -0.39 is 0 Å².